The second-order valence-electron chi connectivity index (χ2n) is 4.41. The molecule has 0 spiro atoms. The van der Waals surface area contributed by atoms with E-state index in [1.807, 2.05) is 32.0 Å². The Bertz CT molecular complexity index is 689. The van der Waals surface area contributed by atoms with E-state index in [1.54, 1.807) is 4.68 Å². The summed E-state index contributed by atoms with van der Waals surface area (Å²) < 4.78 is 1.62. The molecule has 0 bridgehead atoms. The third-order valence-corrected chi connectivity index (χ3v) is 3.82. The first-order valence-electron chi connectivity index (χ1n) is 6.31. The number of aromatic nitrogens is 4. The maximum atomic E-state index is 11.5. The predicted molar refractivity (Wildman–Crippen MR) is 81.2 cm³/mol. The molecule has 0 fully saturated rings. The van der Waals surface area contributed by atoms with E-state index in [2.05, 4.69) is 26.8 Å². The van der Waals surface area contributed by atoms with Crippen molar-refractivity contribution in [2.75, 3.05) is 12.3 Å². The summed E-state index contributed by atoms with van der Waals surface area (Å²) in [5.74, 6) is 2.42. The highest BCUT2D eigenvalue weighted by Crippen LogP contribution is 2.19. The smallest absolute Gasteiger partial charge is 0.231 e. The molecule has 6 nitrogen and oxygen atoms in total. The van der Waals surface area contributed by atoms with E-state index in [-0.39, 0.29) is 18.2 Å². The molecular formula is C14H15N5OS. The number of nitrogens with zero attached hydrogens (tertiary/aromatic N) is 4. The van der Waals surface area contributed by atoms with Gasteiger partial charge in [0.05, 0.1) is 18.0 Å². The van der Waals surface area contributed by atoms with Gasteiger partial charge in [-0.1, -0.05) is 23.7 Å². The Kier molecular flexibility index (Phi) is 4.95. The number of carbonyl (C=O) groups excluding carboxylic acids is 1. The normalized spacial score (nSPS) is 10.1. The fraction of sp³-hybridized carbons (Fsp3) is 0.286. The maximum Gasteiger partial charge on any atom is 0.231 e. The van der Waals surface area contributed by atoms with E-state index in [9.17, 15) is 4.79 Å². The Labute approximate surface area is 127 Å². The van der Waals surface area contributed by atoms with Crippen LogP contribution in [0.5, 0.6) is 0 Å². The average molecular weight is 301 g/mol. The summed E-state index contributed by atoms with van der Waals surface area (Å²) in [4.78, 5) is 11.5. The zero-order valence-electron chi connectivity index (χ0n) is 11.8. The summed E-state index contributed by atoms with van der Waals surface area (Å²) in [6, 6.07) is 5.97. The largest absolute Gasteiger partial charge is 0.344 e. The molecule has 1 N–H and O–H groups in total. The van der Waals surface area contributed by atoms with Crippen molar-refractivity contribution in [1.29, 1.82) is 0 Å². The van der Waals surface area contributed by atoms with Gasteiger partial charge in [-0.3, -0.25) is 4.79 Å². The lowest BCUT2D eigenvalue weighted by atomic mass is 10.1. The number of aryl methyl sites for hydroxylation is 2. The van der Waals surface area contributed by atoms with E-state index in [0.717, 1.165) is 11.3 Å². The fourth-order valence-corrected chi connectivity index (χ4v) is 2.34. The van der Waals surface area contributed by atoms with E-state index < -0.39 is 0 Å². The number of amides is 1. The molecule has 0 aliphatic carbocycles. The minimum Gasteiger partial charge on any atom is -0.344 e. The van der Waals surface area contributed by atoms with Crippen LogP contribution in [0.2, 0.25) is 0 Å². The molecule has 1 amide bonds. The van der Waals surface area contributed by atoms with Gasteiger partial charge in [0, 0.05) is 0 Å². The second-order valence-corrected chi connectivity index (χ2v) is 5.35. The number of rotatable bonds is 5. The molecule has 108 valence electrons. The van der Waals surface area contributed by atoms with Crippen molar-refractivity contribution in [2.45, 2.75) is 19.0 Å². The van der Waals surface area contributed by atoms with Gasteiger partial charge in [-0.15, -0.1) is 11.5 Å². The molecule has 0 atom stereocenters. The highest BCUT2D eigenvalue weighted by molar-refractivity contribution is 7.99. The number of thioether (sulfide) groups is 1. The number of hydrogen-bond acceptors (Lipinski definition) is 5. The Morgan fingerprint density at radius 1 is 1.43 bits per heavy atom. The Balaban J connectivity index is 2.10. The zero-order valence-corrected chi connectivity index (χ0v) is 12.6. The zero-order chi connectivity index (χ0) is 15.2. The van der Waals surface area contributed by atoms with Gasteiger partial charge in [-0.05, 0) is 47.5 Å². The van der Waals surface area contributed by atoms with Gasteiger partial charge in [-0.2, -0.15) is 4.68 Å². The number of tetrazole rings is 1. The first kappa shape index (κ1) is 15.1. The molecule has 0 unspecified atom stereocenters. The predicted octanol–water partition coefficient (Wildman–Crippen LogP) is 1.12. The van der Waals surface area contributed by atoms with E-state index in [4.69, 9.17) is 6.42 Å². The van der Waals surface area contributed by atoms with Crippen molar-refractivity contribution < 1.29 is 4.79 Å². The standard InChI is InChI=1S/C14H15N5OS/c1-4-7-15-13(20)9-21-14-16-17-18-19(14)12-6-5-10(2)11(3)8-12/h1,5-6,8H,7,9H2,2-3H3,(H,15,20). The molecule has 1 aromatic carbocycles. The quantitative estimate of drug-likeness (QED) is 0.662. The van der Waals surface area contributed by atoms with Crippen LogP contribution in [0.1, 0.15) is 11.1 Å². The third kappa shape index (κ3) is 3.83. The van der Waals surface area contributed by atoms with Crippen LogP contribution in [0.15, 0.2) is 23.4 Å². The van der Waals surface area contributed by atoms with Crippen molar-refractivity contribution >= 4 is 17.7 Å². The monoisotopic (exact) mass is 301 g/mol. The molecule has 1 aromatic heterocycles. The highest BCUT2D eigenvalue weighted by Gasteiger charge is 2.11. The van der Waals surface area contributed by atoms with Crippen molar-refractivity contribution in [3.05, 3.63) is 29.3 Å². The molecule has 0 aliphatic rings. The highest BCUT2D eigenvalue weighted by atomic mass is 32.2. The van der Waals surface area contributed by atoms with Crippen LogP contribution in [0, 0.1) is 26.2 Å². The third-order valence-electron chi connectivity index (χ3n) is 2.90. The van der Waals surface area contributed by atoms with Crippen LogP contribution in [0.4, 0.5) is 0 Å². The number of carbonyl (C=O) groups is 1. The van der Waals surface area contributed by atoms with E-state index in [0.29, 0.717) is 5.16 Å². The van der Waals surface area contributed by atoms with Crippen molar-refractivity contribution in [3.8, 4) is 18.0 Å². The number of terminal acetylenes is 1. The SMILES string of the molecule is C#CCNC(=O)CSc1nnnn1-c1ccc(C)c(C)c1. The van der Waals surface area contributed by atoms with Crippen LogP contribution >= 0.6 is 11.8 Å². The van der Waals surface area contributed by atoms with Gasteiger partial charge >= 0.3 is 0 Å². The molecular weight excluding hydrogens is 286 g/mol. The van der Waals surface area contributed by atoms with Gasteiger partial charge in [0.25, 0.3) is 0 Å². The van der Waals surface area contributed by atoms with Gasteiger partial charge < -0.3 is 5.32 Å². The fourth-order valence-electron chi connectivity index (χ4n) is 1.62. The Morgan fingerprint density at radius 3 is 2.95 bits per heavy atom. The molecule has 0 saturated carbocycles. The summed E-state index contributed by atoms with van der Waals surface area (Å²) in [5, 5.41) is 14.7. The first-order valence-corrected chi connectivity index (χ1v) is 7.29. The van der Waals surface area contributed by atoms with Gasteiger partial charge in [0.2, 0.25) is 11.1 Å². The summed E-state index contributed by atoms with van der Waals surface area (Å²) in [6.07, 6.45) is 5.09. The molecule has 2 aromatic rings. The number of hydrogen-bond donors (Lipinski definition) is 1. The minimum atomic E-state index is -0.146. The summed E-state index contributed by atoms with van der Waals surface area (Å²) in [6.45, 7) is 4.30. The second kappa shape index (κ2) is 6.90. The molecule has 0 aliphatic heterocycles. The van der Waals surface area contributed by atoms with Gasteiger partial charge in [-0.25, -0.2) is 0 Å². The Morgan fingerprint density at radius 2 is 2.24 bits per heavy atom. The van der Waals surface area contributed by atoms with E-state index in [1.165, 1.54) is 17.3 Å². The molecule has 0 radical (unpaired) electrons. The van der Waals surface area contributed by atoms with Crippen molar-refractivity contribution in [1.82, 2.24) is 25.5 Å². The lowest BCUT2D eigenvalue weighted by Gasteiger charge is -2.06. The molecule has 21 heavy (non-hydrogen) atoms. The van der Waals surface area contributed by atoms with Crippen LogP contribution in [-0.2, 0) is 4.79 Å². The molecule has 7 heteroatoms. The lowest BCUT2D eigenvalue weighted by Crippen LogP contribution is -2.25. The van der Waals surface area contributed by atoms with Crippen LogP contribution in [-0.4, -0.2) is 38.4 Å². The van der Waals surface area contributed by atoms with Crippen LogP contribution in [0.3, 0.4) is 0 Å². The molecule has 1 heterocycles. The topological polar surface area (TPSA) is 72.7 Å². The number of benzene rings is 1. The lowest BCUT2D eigenvalue weighted by molar-refractivity contribution is -0.118. The van der Waals surface area contributed by atoms with E-state index >= 15 is 0 Å². The molecule has 2 rings (SSSR count). The van der Waals surface area contributed by atoms with Gasteiger partial charge in [0.1, 0.15) is 0 Å². The van der Waals surface area contributed by atoms with Crippen molar-refractivity contribution in [3.63, 3.8) is 0 Å². The number of nitrogens with one attached hydrogen (secondary N) is 1. The molecule has 0 saturated heterocycles. The summed E-state index contributed by atoms with van der Waals surface area (Å²) >= 11 is 1.26. The van der Waals surface area contributed by atoms with Crippen molar-refractivity contribution in [2.24, 2.45) is 0 Å². The van der Waals surface area contributed by atoms with Gasteiger partial charge in [0.15, 0.2) is 0 Å². The first-order chi connectivity index (χ1) is 10.1. The summed E-state index contributed by atoms with van der Waals surface area (Å²) in [7, 11) is 0. The summed E-state index contributed by atoms with van der Waals surface area (Å²) in [5.41, 5.74) is 3.23. The maximum absolute atomic E-state index is 11.5. The average Bonchev–Trinajstić information content (AvgIpc) is 2.94. The Hall–Kier alpha value is -2.33. The minimum absolute atomic E-state index is 0.146. The van der Waals surface area contributed by atoms with Crippen LogP contribution < -0.4 is 5.32 Å². The van der Waals surface area contributed by atoms with Crippen LogP contribution in [0.25, 0.3) is 5.69 Å².